The molecule has 1 aromatic carbocycles. The fraction of sp³-hybridized carbons (Fsp3) is 0.533. The first kappa shape index (κ1) is 17.7. The molecule has 0 aromatic heterocycles. The summed E-state index contributed by atoms with van der Waals surface area (Å²) in [6, 6.07) is 3.02. The van der Waals surface area contributed by atoms with Crippen molar-refractivity contribution >= 4 is 15.9 Å². The average Bonchev–Trinajstić information content (AvgIpc) is 2.24. The fourth-order valence-electron chi connectivity index (χ4n) is 2.03. The molecule has 0 aliphatic heterocycles. The largest absolute Gasteiger partial charge is 0.352 e. The summed E-state index contributed by atoms with van der Waals surface area (Å²) in [6.07, 6.45) is 0.839. The lowest BCUT2D eigenvalue weighted by Crippen LogP contribution is -2.28. The summed E-state index contributed by atoms with van der Waals surface area (Å²) in [6.45, 7) is 10.3. The van der Waals surface area contributed by atoms with Crippen LogP contribution in [0.1, 0.15) is 48.7 Å². The van der Waals surface area contributed by atoms with E-state index in [1.54, 1.807) is 19.9 Å². The first-order valence-corrected chi connectivity index (χ1v) is 8.39. The molecule has 6 heteroatoms. The van der Waals surface area contributed by atoms with E-state index in [4.69, 9.17) is 5.14 Å². The van der Waals surface area contributed by atoms with Gasteiger partial charge in [0.15, 0.2) is 0 Å². The molecule has 1 amide bonds. The normalized spacial score (nSPS) is 12.3. The highest BCUT2D eigenvalue weighted by molar-refractivity contribution is 7.89. The van der Waals surface area contributed by atoms with E-state index in [9.17, 15) is 13.2 Å². The molecule has 0 fully saturated rings. The maximum absolute atomic E-state index is 12.2. The van der Waals surface area contributed by atoms with Crippen LogP contribution in [0.5, 0.6) is 0 Å². The summed E-state index contributed by atoms with van der Waals surface area (Å²) in [7, 11) is -3.83. The van der Waals surface area contributed by atoms with Gasteiger partial charge in [-0.3, -0.25) is 4.79 Å². The molecule has 0 spiro atoms. The van der Waals surface area contributed by atoms with Crippen LogP contribution in [0.2, 0.25) is 0 Å². The van der Waals surface area contributed by atoms with Gasteiger partial charge in [-0.1, -0.05) is 26.8 Å². The van der Waals surface area contributed by atoms with E-state index in [1.807, 2.05) is 0 Å². The number of rotatable bonds is 4. The van der Waals surface area contributed by atoms with Gasteiger partial charge in [-0.25, -0.2) is 13.6 Å². The number of amides is 1. The highest BCUT2D eigenvalue weighted by Gasteiger charge is 2.18. The van der Waals surface area contributed by atoms with Gasteiger partial charge < -0.3 is 5.32 Å². The van der Waals surface area contributed by atoms with Gasteiger partial charge in [-0.15, -0.1) is 0 Å². The molecule has 1 aromatic rings. The van der Waals surface area contributed by atoms with Crippen LogP contribution in [-0.4, -0.2) is 20.9 Å². The van der Waals surface area contributed by atoms with Gasteiger partial charge >= 0.3 is 0 Å². The zero-order valence-corrected chi connectivity index (χ0v) is 14.1. The molecule has 0 unspecified atom stereocenters. The lowest BCUT2D eigenvalue weighted by atomic mass is 9.92. The first-order valence-electron chi connectivity index (χ1n) is 6.84. The van der Waals surface area contributed by atoms with Crippen LogP contribution in [0.25, 0.3) is 0 Å². The summed E-state index contributed by atoms with van der Waals surface area (Å²) in [4.78, 5) is 12.2. The molecule has 0 bridgehead atoms. The highest BCUT2D eigenvalue weighted by atomic mass is 32.2. The van der Waals surface area contributed by atoms with Crippen molar-refractivity contribution in [2.24, 2.45) is 10.6 Å². The number of benzene rings is 1. The van der Waals surface area contributed by atoms with Crippen LogP contribution in [0.4, 0.5) is 0 Å². The van der Waals surface area contributed by atoms with Gasteiger partial charge in [-0.05, 0) is 42.9 Å². The number of nitrogens with two attached hydrogens (primary N) is 1. The van der Waals surface area contributed by atoms with Crippen LogP contribution in [0, 0.1) is 19.3 Å². The number of hydrogen-bond donors (Lipinski definition) is 2. The number of primary sulfonamides is 1. The second-order valence-corrected chi connectivity index (χ2v) is 8.07. The summed E-state index contributed by atoms with van der Waals surface area (Å²) < 4.78 is 23.1. The topological polar surface area (TPSA) is 89.3 Å². The number of sulfonamides is 1. The number of nitrogens with one attached hydrogen (secondary N) is 1. The Morgan fingerprint density at radius 3 is 2.24 bits per heavy atom. The van der Waals surface area contributed by atoms with Crippen molar-refractivity contribution in [1.82, 2.24) is 5.32 Å². The summed E-state index contributed by atoms with van der Waals surface area (Å²) in [5.41, 5.74) is 1.74. The van der Waals surface area contributed by atoms with E-state index in [0.29, 0.717) is 17.7 Å². The Kier molecular flexibility index (Phi) is 5.17. The van der Waals surface area contributed by atoms with E-state index in [-0.39, 0.29) is 16.2 Å². The quantitative estimate of drug-likeness (QED) is 0.892. The second kappa shape index (κ2) is 6.15. The van der Waals surface area contributed by atoms with Crippen molar-refractivity contribution in [2.45, 2.75) is 45.9 Å². The van der Waals surface area contributed by atoms with Crippen molar-refractivity contribution in [3.63, 3.8) is 0 Å². The van der Waals surface area contributed by atoms with E-state index < -0.39 is 10.0 Å². The molecule has 118 valence electrons. The van der Waals surface area contributed by atoms with Crippen molar-refractivity contribution in [3.8, 4) is 0 Å². The lowest BCUT2D eigenvalue weighted by Gasteiger charge is -2.18. The van der Waals surface area contributed by atoms with Gasteiger partial charge in [0.1, 0.15) is 0 Å². The van der Waals surface area contributed by atoms with Crippen molar-refractivity contribution in [1.29, 1.82) is 0 Å². The lowest BCUT2D eigenvalue weighted by molar-refractivity contribution is 0.0948. The standard InChI is InChI=1S/C15H24N2O3S/c1-10-8-11(2)13(21(16,19)20)9-12(10)14(18)17-7-6-15(3,4)5/h8-9H,6-7H2,1-5H3,(H,17,18)(H2,16,19,20). The molecule has 3 N–H and O–H groups in total. The van der Waals surface area contributed by atoms with E-state index in [2.05, 4.69) is 26.1 Å². The minimum Gasteiger partial charge on any atom is -0.352 e. The smallest absolute Gasteiger partial charge is 0.251 e. The molecule has 0 atom stereocenters. The Labute approximate surface area is 127 Å². The van der Waals surface area contributed by atoms with Crippen molar-refractivity contribution in [2.75, 3.05) is 6.54 Å². The molecule has 0 saturated carbocycles. The molecular formula is C15H24N2O3S. The third kappa shape index (κ3) is 5.13. The summed E-state index contributed by atoms with van der Waals surface area (Å²) in [5.74, 6) is -0.276. The van der Waals surface area contributed by atoms with Crippen molar-refractivity contribution in [3.05, 3.63) is 28.8 Å². The average molecular weight is 312 g/mol. The van der Waals surface area contributed by atoms with Crippen LogP contribution in [-0.2, 0) is 10.0 Å². The predicted octanol–water partition coefficient (Wildman–Crippen LogP) is 2.12. The molecule has 1 rings (SSSR count). The van der Waals surface area contributed by atoms with E-state index >= 15 is 0 Å². The SMILES string of the molecule is Cc1cc(C)c(S(N)(=O)=O)cc1C(=O)NCCC(C)(C)C. The summed E-state index contributed by atoms with van der Waals surface area (Å²) >= 11 is 0. The van der Waals surface area contributed by atoms with Crippen LogP contribution in [0.3, 0.4) is 0 Å². The van der Waals surface area contributed by atoms with Crippen LogP contribution in [0.15, 0.2) is 17.0 Å². The third-order valence-electron chi connectivity index (χ3n) is 3.23. The zero-order chi connectivity index (χ0) is 16.4. The Balaban J connectivity index is 3.00. The van der Waals surface area contributed by atoms with Crippen LogP contribution < -0.4 is 10.5 Å². The number of carbonyl (C=O) groups excluding carboxylic acids is 1. The number of aryl methyl sites for hydroxylation is 2. The van der Waals surface area contributed by atoms with Gasteiger partial charge in [-0.2, -0.15) is 0 Å². The van der Waals surface area contributed by atoms with E-state index in [0.717, 1.165) is 12.0 Å². The maximum atomic E-state index is 12.2. The molecule has 0 aliphatic rings. The Bertz CT molecular complexity index is 644. The molecule has 0 saturated heterocycles. The second-order valence-electron chi connectivity index (χ2n) is 6.54. The minimum absolute atomic E-state index is 0.00549. The van der Waals surface area contributed by atoms with Gasteiger partial charge in [0.25, 0.3) is 5.91 Å². The molecular weight excluding hydrogens is 288 g/mol. The molecule has 5 nitrogen and oxygen atoms in total. The minimum atomic E-state index is -3.83. The fourth-order valence-corrected chi connectivity index (χ4v) is 2.82. The highest BCUT2D eigenvalue weighted by Crippen LogP contribution is 2.20. The zero-order valence-electron chi connectivity index (χ0n) is 13.3. The molecule has 0 radical (unpaired) electrons. The van der Waals surface area contributed by atoms with Gasteiger partial charge in [0, 0.05) is 12.1 Å². The Hall–Kier alpha value is -1.40. The van der Waals surface area contributed by atoms with E-state index in [1.165, 1.54) is 6.07 Å². The Morgan fingerprint density at radius 2 is 1.76 bits per heavy atom. The van der Waals surface area contributed by atoms with Gasteiger partial charge in [0.05, 0.1) is 4.90 Å². The summed E-state index contributed by atoms with van der Waals surface area (Å²) in [5, 5.41) is 7.99. The number of hydrogen-bond acceptors (Lipinski definition) is 3. The van der Waals surface area contributed by atoms with Crippen LogP contribution >= 0.6 is 0 Å². The van der Waals surface area contributed by atoms with Gasteiger partial charge in [0.2, 0.25) is 10.0 Å². The molecule has 21 heavy (non-hydrogen) atoms. The molecule has 0 aliphatic carbocycles. The maximum Gasteiger partial charge on any atom is 0.251 e. The Morgan fingerprint density at radius 1 is 1.19 bits per heavy atom. The monoisotopic (exact) mass is 312 g/mol. The van der Waals surface area contributed by atoms with Crippen molar-refractivity contribution < 1.29 is 13.2 Å². The number of carbonyl (C=O) groups is 1. The third-order valence-corrected chi connectivity index (χ3v) is 4.29. The first-order chi connectivity index (χ1) is 9.42. The molecule has 0 heterocycles. The predicted molar refractivity (Wildman–Crippen MR) is 83.7 cm³/mol.